The van der Waals surface area contributed by atoms with E-state index < -0.39 is 22.0 Å². The fraction of sp³-hybridized carbons (Fsp3) is 0.364. The number of aromatic nitrogens is 2. The molecule has 2 aromatic rings. The summed E-state index contributed by atoms with van der Waals surface area (Å²) in [6.07, 6.45) is 2.50. The van der Waals surface area contributed by atoms with Crippen molar-refractivity contribution in [3.8, 4) is 10.7 Å². The highest BCUT2D eigenvalue weighted by Crippen LogP contribution is 2.30. The maximum absolute atomic E-state index is 11.6. The van der Waals surface area contributed by atoms with Gasteiger partial charge in [-0.1, -0.05) is 6.07 Å². The van der Waals surface area contributed by atoms with Gasteiger partial charge in [-0.25, -0.2) is 13.4 Å². The van der Waals surface area contributed by atoms with Crippen molar-refractivity contribution in [2.45, 2.75) is 12.1 Å². The minimum absolute atomic E-state index is 0.0249. The number of imidazole rings is 1. The molecular formula is C11H12N2O3S2. The molecule has 18 heavy (non-hydrogen) atoms. The van der Waals surface area contributed by atoms with Crippen molar-refractivity contribution in [2.24, 2.45) is 0 Å². The first kappa shape index (κ1) is 11.9. The Bertz CT molecular complexity index is 646. The Labute approximate surface area is 109 Å². The number of hydrogen-bond donors (Lipinski definition) is 1. The second kappa shape index (κ2) is 4.18. The summed E-state index contributed by atoms with van der Waals surface area (Å²) >= 11 is 1.54. The maximum Gasteiger partial charge on any atom is 0.155 e. The number of thiophene rings is 1. The Kier molecular flexibility index (Phi) is 2.76. The van der Waals surface area contributed by atoms with Gasteiger partial charge in [-0.2, -0.15) is 0 Å². The van der Waals surface area contributed by atoms with E-state index in [9.17, 15) is 13.5 Å². The molecule has 0 aliphatic carbocycles. The first-order chi connectivity index (χ1) is 8.57. The summed E-state index contributed by atoms with van der Waals surface area (Å²) in [5.74, 6) is 0.522. The van der Waals surface area contributed by atoms with Crippen LogP contribution in [0.2, 0.25) is 0 Å². The normalized spacial score (nSPS) is 26.5. The highest BCUT2D eigenvalue weighted by atomic mass is 32.2. The van der Waals surface area contributed by atoms with Crippen LogP contribution in [0.1, 0.15) is 6.04 Å². The largest absolute Gasteiger partial charge is 0.390 e. The predicted octanol–water partition coefficient (Wildman–Crippen LogP) is 0.942. The Balaban J connectivity index is 2.02. The molecule has 3 rings (SSSR count). The monoisotopic (exact) mass is 284 g/mol. The van der Waals surface area contributed by atoms with Crippen molar-refractivity contribution in [1.29, 1.82) is 0 Å². The molecule has 1 aliphatic rings. The van der Waals surface area contributed by atoms with Crippen LogP contribution in [0.15, 0.2) is 29.9 Å². The van der Waals surface area contributed by atoms with Crippen LogP contribution in [0.25, 0.3) is 10.7 Å². The van der Waals surface area contributed by atoms with Crippen LogP contribution < -0.4 is 0 Å². The zero-order valence-corrected chi connectivity index (χ0v) is 11.1. The molecule has 1 saturated heterocycles. The molecule has 0 amide bonds. The van der Waals surface area contributed by atoms with E-state index in [-0.39, 0.29) is 11.5 Å². The molecule has 2 atom stereocenters. The number of nitrogens with zero attached hydrogens (tertiary/aromatic N) is 2. The number of hydrogen-bond acceptors (Lipinski definition) is 5. The summed E-state index contributed by atoms with van der Waals surface area (Å²) in [5, 5.41) is 11.8. The van der Waals surface area contributed by atoms with Crippen molar-refractivity contribution in [2.75, 3.05) is 11.5 Å². The van der Waals surface area contributed by atoms with Gasteiger partial charge in [0.2, 0.25) is 0 Å². The lowest BCUT2D eigenvalue weighted by atomic mass is 10.2. The number of aliphatic hydroxyl groups is 1. The van der Waals surface area contributed by atoms with E-state index in [0.29, 0.717) is 5.82 Å². The lowest BCUT2D eigenvalue weighted by Gasteiger charge is -2.16. The summed E-state index contributed by atoms with van der Waals surface area (Å²) in [6.45, 7) is 0. The highest BCUT2D eigenvalue weighted by Gasteiger charge is 2.38. The molecule has 3 heterocycles. The van der Waals surface area contributed by atoms with Gasteiger partial charge < -0.3 is 9.67 Å². The van der Waals surface area contributed by atoms with Crippen molar-refractivity contribution in [1.82, 2.24) is 9.55 Å². The summed E-state index contributed by atoms with van der Waals surface area (Å²) < 4.78 is 24.9. The van der Waals surface area contributed by atoms with E-state index in [1.54, 1.807) is 28.3 Å². The molecule has 0 radical (unpaired) electrons. The van der Waals surface area contributed by atoms with Gasteiger partial charge in [-0.3, -0.25) is 0 Å². The molecule has 0 saturated carbocycles. The molecule has 0 spiro atoms. The van der Waals surface area contributed by atoms with Crippen LogP contribution in [0, 0.1) is 0 Å². The Morgan fingerprint density at radius 3 is 2.89 bits per heavy atom. The average molecular weight is 284 g/mol. The summed E-state index contributed by atoms with van der Waals surface area (Å²) in [7, 11) is -3.15. The average Bonchev–Trinajstić information content (AvgIpc) is 2.97. The topological polar surface area (TPSA) is 72.2 Å². The molecule has 1 N–H and O–H groups in total. The minimum Gasteiger partial charge on any atom is -0.390 e. The molecule has 5 nitrogen and oxygen atoms in total. The van der Waals surface area contributed by atoms with E-state index in [0.717, 1.165) is 4.88 Å². The standard InChI is InChI=1S/C11H12N2O3S2/c14-9-7-18(15,16)6-8(9)13-4-3-12-11(13)10-2-1-5-17-10/h1-5,8-9,14H,6-7H2. The molecule has 0 bridgehead atoms. The van der Waals surface area contributed by atoms with Gasteiger partial charge in [-0.15, -0.1) is 11.3 Å². The van der Waals surface area contributed by atoms with Gasteiger partial charge >= 0.3 is 0 Å². The lowest BCUT2D eigenvalue weighted by Crippen LogP contribution is -2.22. The third-order valence-corrected chi connectivity index (χ3v) is 5.63. The third kappa shape index (κ3) is 1.98. The summed E-state index contributed by atoms with van der Waals surface area (Å²) in [4.78, 5) is 5.22. The molecule has 1 fully saturated rings. The second-order valence-electron chi connectivity index (χ2n) is 4.35. The minimum atomic E-state index is -3.15. The Morgan fingerprint density at radius 2 is 2.28 bits per heavy atom. The first-order valence-electron chi connectivity index (χ1n) is 5.52. The van der Waals surface area contributed by atoms with Crippen LogP contribution in [0.3, 0.4) is 0 Å². The van der Waals surface area contributed by atoms with Gasteiger partial charge in [0, 0.05) is 12.4 Å². The summed E-state index contributed by atoms with van der Waals surface area (Å²) in [5.41, 5.74) is 0. The van der Waals surface area contributed by atoms with E-state index in [4.69, 9.17) is 0 Å². The van der Waals surface area contributed by atoms with Gasteiger partial charge in [0.25, 0.3) is 0 Å². The predicted molar refractivity (Wildman–Crippen MR) is 69.2 cm³/mol. The zero-order valence-electron chi connectivity index (χ0n) is 9.43. The van der Waals surface area contributed by atoms with Crippen LogP contribution in [0.5, 0.6) is 0 Å². The van der Waals surface area contributed by atoms with E-state index >= 15 is 0 Å². The number of sulfone groups is 1. The second-order valence-corrected chi connectivity index (χ2v) is 7.45. The zero-order chi connectivity index (χ0) is 12.8. The van der Waals surface area contributed by atoms with Crippen molar-refractivity contribution < 1.29 is 13.5 Å². The Morgan fingerprint density at radius 1 is 1.44 bits per heavy atom. The fourth-order valence-electron chi connectivity index (χ4n) is 2.25. The quantitative estimate of drug-likeness (QED) is 0.891. The van der Waals surface area contributed by atoms with E-state index in [1.165, 1.54) is 0 Å². The molecule has 7 heteroatoms. The van der Waals surface area contributed by atoms with Crippen LogP contribution in [-0.4, -0.2) is 40.7 Å². The molecule has 1 aliphatic heterocycles. The van der Waals surface area contributed by atoms with Gasteiger partial charge in [0.15, 0.2) is 9.84 Å². The number of aliphatic hydroxyl groups excluding tert-OH is 1. The lowest BCUT2D eigenvalue weighted by molar-refractivity contribution is 0.154. The van der Waals surface area contributed by atoms with Gasteiger partial charge in [0.1, 0.15) is 5.82 Å². The molecule has 2 unspecified atom stereocenters. The van der Waals surface area contributed by atoms with Gasteiger partial charge in [0.05, 0.1) is 28.5 Å². The maximum atomic E-state index is 11.6. The molecular weight excluding hydrogens is 272 g/mol. The fourth-order valence-corrected chi connectivity index (χ4v) is 4.76. The molecule has 0 aromatic carbocycles. The highest BCUT2D eigenvalue weighted by molar-refractivity contribution is 7.91. The molecule has 96 valence electrons. The van der Waals surface area contributed by atoms with Crippen LogP contribution >= 0.6 is 11.3 Å². The van der Waals surface area contributed by atoms with Crippen molar-refractivity contribution in [3.05, 3.63) is 29.9 Å². The smallest absolute Gasteiger partial charge is 0.155 e. The third-order valence-electron chi connectivity index (χ3n) is 3.06. The van der Waals surface area contributed by atoms with Crippen molar-refractivity contribution >= 4 is 21.2 Å². The SMILES string of the molecule is O=S1(=O)CC(O)C(n2ccnc2-c2cccs2)C1. The van der Waals surface area contributed by atoms with Crippen LogP contribution in [0.4, 0.5) is 0 Å². The van der Waals surface area contributed by atoms with E-state index in [2.05, 4.69) is 4.98 Å². The van der Waals surface area contributed by atoms with E-state index in [1.807, 2.05) is 17.5 Å². The number of rotatable bonds is 2. The molecule has 2 aromatic heterocycles. The Hall–Kier alpha value is -1.18. The first-order valence-corrected chi connectivity index (χ1v) is 8.22. The van der Waals surface area contributed by atoms with Crippen LogP contribution in [-0.2, 0) is 9.84 Å². The van der Waals surface area contributed by atoms with Crippen molar-refractivity contribution in [3.63, 3.8) is 0 Å². The summed E-state index contributed by atoms with van der Waals surface area (Å²) in [6, 6.07) is 3.41. The van der Waals surface area contributed by atoms with Gasteiger partial charge in [-0.05, 0) is 11.4 Å².